The average molecular weight is 444 g/mol. The third kappa shape index (κ3) is 6.13. The summed E-state index contributed by atoms with van der Waals surface area (Å²) in [6.07, 6.45) is 4.32. The number of hydrogen-bond acceptors (Lipinski definition) is 4. The first-order valence-electron chi connectivity index (χ1n) is 11.1. The first-order valence-corrected chi connectivity index (χ1v) is 11.1. The molecule has 2 heterocycles. The quantitative estimate of drug-likeness (QED) is 0.371. The van der Waals surface area contributed by atoms with Gasteiger partial charge in [0.15, 0.2) is 5.76 Å². The van der Waals surface area contributed by atoms with Crippen molar-refractivity contribution in [2.24, 2.45) is 0 Å². The molecule has 6 nitrogen and oxygen atoms in total. The monoisotopic (exact) mass is 443 g/mol. The van der Waals surface area contributed by atoms with Crippen molar-refractivity contribution in [3.05, 3.63) is 102 Å². The molecule has 4 aromatic rings. The highest BCUT2D eigenvalue weighted by molar-refractivity contribution is 6.02. The van der Waals surface area contributed by atoms with E-state index in [1.165, 1.54) is 11.1 Å². The summed E-state index contributed by atoms with van der Waals surface area (Å²) in [4.78, 5) is 12.5. The Morgan fingerprint density at radius 3 is 2.52 bits per heavy atom. The van der Waals surface area contributed by atoms with E-state index in [0.29, 0.717) is 11.4 Å². The molecule has 0 aliphatic rings. The van der Waals surface area contributed by atoms with E-state index in [9.17, 15) is 4.79 Å². The Labute approximate surface area is 194 Å². The number of carbonyl (C=O) groups excluding carboxylic acids is 1. The molecule has 0 saturated heterocycles. The zero-order valence-corrected chi connectivity index (χ0v) is 19.2. The van der Waals surface area contributed by atoms with E-state index in [1.54, 1.807) is 18.3 Å². The molecule has 33 heavy (non-hydrogen) atoms. The Kier molecular flexibility index (Phi) is 6.63. The number of hydrogen-bond donors (Lipinski definition) is 1. The van der Waals surface area contributed by atoms with E-state index < -0.39 is 0 Å². The van der Waals surface area contributed by atoms with E-state index in [0.717, 1.165) is 18.7 Å². The van der Waals surface area contributed by atoms with Gasteiger partial charge in [0, 0.05) is 12.7 Å². The van der Waals surface area contributed by atoms with E-state index >= 15 is 0 Å². The molecular weight excluding hydrogens is 414 g/mol. The standard InChI is InChI=1S/C27H29N3O3/c1-27(2,3)21-9-11-23(12-10-21)32-19-24-13-14-25(33-24)26(31)29-22-17-28-30(18-22)16-15-20-7-5-4-6-8-20/h4-14,17-18H,15-16,19H2,1-3H3,(H,29,31). The van der Waals surface area contributed by atoms with Crippen LogP contribution in [0.25, 0.3) is 0 Å². The molecule has 1 amide bonds. The van der Waals surface area contributed by atoms with Gasteiger partial charge in [0.1, 0.15) is 18.1 Å². The molecule has 2 aromatic carbocycles. The van der Waals surface area contributed by atoms with Crippen LogP contribution in [0.4, 0.5) is 5.69 Å². The number of rotatable bonds is 8. The van der Waals surface area contributed by atoms with E-state index in [4.69, 9.17) is 9.15 Å². The second kappa shape index (κ2) is 9.77. The summed E-state index contributed by atoms with van der Waals surface area (Å²) in [5, 5.41) is 7.15. The zero-order chi connectivity index (χ0) is 23.3. The number of nitrogens with one attached hydrogen (secondary N) is 1. The highest BCUT2D eigenvalue weighted by Crippen LogP contribution is 2.24. The predicted molar refractivity (Wildman–Crippen MR) is 129 cm³/mol. The van der Waals surface area contributed by atoms with Crippen LogP contribution in [0.5, 0.6) is 5.75 Å². The fourth-order valence-corrected chi connectivity index (χ4v) is 3.41. The molecule has 4 rings (SSSR count). The third-order valence-corrected chi connectivity index (χ3v) is 5.35. The lowest BCUT2D eigenvalue weighted by atomic mass is 9.87. The number of carbonyl (C=O) groups is 1. The molecule has 2 aromatic heterocycles. The zero-order valence-electron chi connectivity index (χ0n) is 19.2. The molecule has 0 bridgehead atoms. The van der Waals surface area contributed by atoms with E-state index in [2.05, 4.69) is 55.5 Å². The molecule has 0 unspecified atom stereocenters. The van der Waals surface area contributed by atoms with Crippen molar-refractivity contribution in [1.82, 2.24) is 9.78 Å². The SMILES string of the molecule is CC(C)(C)c1ccc(OCc2ccc(C(=O)Nc3cnn(CCc4ccccc4)c3)o2)cc1. The fraction of sp³-hybridized carbons (Fsp3) is 0.259. The molecule has 0 saturated carbocycles. The van der Waals surface area contributed by atoms with Crippen LogP contribution in [-0.2, 0) is 25.0 Å². The van der Waals surface area contributed by atoms with Crippen LogP contribution >= 0.6 is 0 Å². The van der Waals surface area contributed by atoms with E-state index in [-0.39, 0.29) is 23.7 Å². The van der Waals surface area contributed by atoms with Gasteiger partial charge < -0.3 is 14.5 Å². The van der Waals surface area contributed by atoms with Crippen LogP contribution in [0, 0.1) is 0 Å². The fourth-order valence-electron chi connectivity index (χ4n) is 3.41. The van der Waals surface area contributed by atoms with Crippen LogP contribution in [0.2, 0.25) is 0 Å². The number of amides is 1. The largest absolute Gasteiger partial charge is 0.486 e. The molecule has 0 fully saturated rings. The summed E-state index contributed by atoms with van der Waals surface area (Å²) in [6, 6.07) is 21.7. The summed E-state index contributed by atoms with van der Waals surface area (Å²) in [5.74, 6) is 1.25. The Bertz CT molecular complexity index is 1190. The molecule has 170 valence electrons. The second-order valence-electron chi connectivity index (χ2n) is 9.01. The molecular formula is C27H29N3O3. The summed E-state index contributed by atoms with van der Waals surface area (Å²) >= 11 is 0. The third-order valence-electron chi connectivity index (χ3n) is 5.35. The maximum atomic E-state index is 12.5. The van der Waals surface area contributed by atoms with Gasteiger partial charge in [-0.2, -0.15) is 5.10 Å². The second-order valence-corrected chi connectivity index (χ2v) is 9.01. The Balaban J connectivity index is 1.28. The smallest absolute Gasteiger partial charge is 0.291 e. The molecule has 0 aliphatic carbocycles. The molecule has 0 radical (unpaired) electrons. The van der Waals surface area contributed by atoms with Crippen LogP contribution in [0.3, 0.4) is 0 Å². The lowest BCUT2D eigenvalue weighted by Crippen LogP contribution is -2.10. The predicted octanol–water partition coefficient (Wildman–Crippen LogP) is 5.85. The number of benzene rings is 2. The van der Waals surface area contributed by atoms with Crippen LogP contribution < -0.4 is 10.1 Å². The van der Waals surface area contributed by atoms with Gasteiger partial charge >= 0.3 is 0 Å². The normalized spacial score (nSPS) is 11.4. The first-order chi connectivity index (χ1) is 15.9. The molecule has 6 heteroatoms. The van der Waals surface area contributed by atoms with Gasteiger partial charge in [-0.15, -0.1) is 0 Å². The van der Waals surface area contributed by atoms with Crippen molar-refractivity contribution in [2.45, 2.75) is 45.8 Å². The van der Waals surface area contributed by atoms with Crippen molar-refractivity contribution in [2.75, 3.05) is 5.32 Å². The van der Waals surface area contributed by atoms with Crippen molar-refractivity contribution < 1.29 is 13.9 Å². The minimum atomic E-state index is -0.321. The summed E-state index contributed by atoms with van der Waals surface area (Å²) in [6.45, 7) is 7.51. The van der Waals surface area contributed by atoms with Gasteiger partial charge in [0.05, 0.1) is 11.9 Å². The number of furan rings is 1. The Morgan fingerprint density at radius 2 is 1.79 bits per heavy atom. The molecule has 0 spiro atoms. The van der Waals surface area contributed by atoms with Crippen LogP contribution in [-0.4, -0.2) is 15.7 Å². The highest BCUT2D eigenvalue weighted by atomic mass is 16.5. The van der Waals surface area contributed by atoms with E-state index in [1.807, 2.05) is 41.2 Å². The number of ether oxygens (including phenoxy) is 1. The van der Waals surface area contributed by atoms with Crippen molar-refractivity contribution in [3.63, 3.8) is 0 Å². The average Bonchev–Trinajstić information content (AvgIpc) is 3.46. The highest BCUT2D eigenvalue weighted by Gasteiger charge is 2.14. The van der Waals surface area contributed by atoms with Crippen molar-refractivity contribution in [3.8, 4) is 5.75 Å². The lowest BCUT2D eigenvalue weighted by molar-refractivity contribution is 0.0992. The number of aromatic nitrogens is 2. The first kappa shape index (κ1) is 22.4. The topological polar surface area (TPSA) is 69.3 Å². The summed E-state index contributed by atoms with van der Waals surface area (Å²) < 4.78 is 13.3. The van der Waals surface area contributed by atoms with Gasteiger partial charge in [0.2, 0.25) is 0 Å². The minimum Gasteiger partial charge on any atom is -0.486 e. The van der Waals surface area contributed by atoms with Crippen molar-refractivity contribution in [1.29, 1.82) is 0 Å². The number of aryl methyl sites for hydroxylation is 2. The summed E-state index contributed by atoms with van der Waals surface area (Å²) in [5.41, 5.74) is 3.21. The molecule has 1 N–H and O–H groups in total. The van der Waals surface area contributed by atoms with Crippen LogP contribution in [0.15, 0.2) is 83.5 Å². The van der Waals surface area contributed by atoms with Crippen LogP contribution in [0.1, 0.15) is 48.2 Å². The molecule has 0 atom stereocenters. The maximum absolute atomic E-state index is 12.5. The van der Waals surface area contributed by atoms with Gasteiger partial charge in [-0.3, -0.25) is 9.48 Å². The van der Waals surface area contributed by atoms with Gasteiger partial charge in [-0.1, -0.05) is 63.2 Å². The lowest BCUT2D eigenvalue weighted by Gasteiger charge is -2.19. The van der Waals surface area contributed by atoms with Gasteiger partial charge in [-0.25, -0.2) is 0 Å². The molecule has 0 aliphatic heterocycles. The van der Waals surface area contributed by atoms with Gasteiger partial charge in [-0.05, 0) is 47.2 Å². The maximum Gasteiger partial charge on any atom is 0.291 e. The summed E-state index contributed by atoms with van der Waals surface area (Å²) in [7, 11) is 0. The van der Waals surface area contributed by atoms with Gasteiger partial charge in [0.25, 0.3) is 5.91 Å². The Hall–Kier alpha value is -3.80. The number of anilines is 1. The Morgan fingerprint density at radius 1 is 1.03 bits per heavy atom. The van der Waals surface area contributed by atoms with Crippen molar-refractivity contribution >= 4 is 11.6 Å². The number of nitrogens with zero attached hydrogens (tertiary/aromatic N) is 2. The minimum absolute atomic E-state index is 0.0974.